The SMILES string of the molecule is COc1ccc(N2CCN([C@@H]3CCN(C(=O)Nc4cccc(OC)c4)C[C@H]3OC(=O)c3ccc(-c4ccccc4)cc3)CC2)cc1. The normalized spacial score (nSPS) is 18.5. The van der Waals surface area contributed by atoms with Gasteiger partial charge in [0, 0.05) is 50.2 Å². The number of ether oxygens (including phenoxy) is 3. The van der Waals surface area contributed by atoms with Crippen LogP contribution in [0.1, 0.15) is 16.8 Å². The maximum absolute atomic E-state index is 13.5. The van der Waals surface area contributed by atoms with E-state index in [1.807, 2.05) is 84.9 Å². The van der Waals surface area contributed by atoms with Gasteiger partial charge < -0.3 is 29.3 Å². The van der Waals surface area contributed by atoms with Crippen LogP contribution in [0, 0.1) is 0 Å². The molecule has 2 fully saturated rings. The molecule has 2 heterocycles. The lowest BCUT2D eigenvalue weighted by molar-refractivity contribution is -0.0302. The van der Waals surface area contributed by atoms with Gasteiger partial charge in [-0.2, -0.15) is 0 Å². The van der Waals surface area contributed by atoms with Crippen molar-refractivity contribution in [1.82, 2.24) is 9.80 Å². The van der Waals surface area contributed by atoms with Crippen LogP contribution in [-0.2, 0) is 4.74 Å². The van der Waals surface area contributed by atoms with Crippen molar-refractivity contribution in [1.29, 1.82) is 0 Å². The van der Waals surface area contributed by atoms with E-state index in [4.69, 9.17) is 14.2 Å². The molecule has 46 heavy (non-hydrogen) atoms. The number of piperidine rings is 1. The Bertz CT molecular complexity index is 1610. The van der Waals surface area contributed by atoms with Gasteiger partial charge in [-0.15, -0.1) is 0 Å². The Labute approximate surface area is 270 Å². The van der Waals surface area contributed by atoms with Gasteiger partial charge in [0.25, 0.3) is 0 Å². The first-order valence-electron chi connectivity index (χ1n) is 15.7. The van der Waals surface area contributed by atoms with Crippen LogP contribution in [0.25, 0.3) is 11.1 Å². The molecule has 2 atom stereocenters. The largest absolute Gasteiger partial charge is 0.497 e. The van der Waals surface area contributed by atoms with Crippen LogP contribution in [0.4, 0.5) is 16.2 Å². The van der Waals surface area contributed by atoms with Crippen molar-refractivity contribution < 1.29 is 23.8 Å². The van der Waals surface area contributed by atoms with Gasteiger partial charge in [0.05, 0.1) is 32.4 Å². The molecule has 0 aliphatic carbocycles. The van der Waals surface area contributed by atoms with Crippen LogP contribution < -0.4 is 19.7 Å². The molecule has 2 aliphatic rings. The summed E-state index contributed by atoms with van der Waals surface area (Å²) in [5, 5.41) is 2.98. The standard InChI is InChI=1S/C37H40N4O5/c1-44-32-17-15-31(16-18-32)39-21-23-40(24-22-39)34-19-20-41(37(43)38-30-9-6-10-33(25-30)45-2)26-35(34)46-36(42)29-13-11-28(12-14-29)27-7-4-3-5-8-27/h3-18,25,34-35H,19-24,26H2,1-2H3,(H,38,43)/t34-,35-/m1/s1. The number of amides is 2. The monoisotopic (exact) mass is 620 g/mol. The maximum Gasteiger partial charge on any atom is 0.338 e. The van der Waals surface area contributed by atoms with E-state index in [1.165, 1.54) is 0 Å². The highest BCUT2D eigenvalue weighted by Gasteiger charge is 2.39. The molecule has 2 aliphatic heterocycles. The zero-order valence-electron chi connectivity index (χ0n) is 26.3. The zero-order chi connectivity index (χ0) is 31.9. The van der Waals surface area contributed by atoms with Gasteiger partial charge in [-0.3, -0.25) is 4.90 Å². The second-order valence-electron chi connectivity index (χ2n) is 11.6. The van der Waals surface area contributed by atoms with E-state index in [0.29, 0.717) is 36.5 Å². The minimum Gasteiger partial charge on any atom is -0.497 e. The average Bonchev–Trinajstić information content (AvgIpc) is 3.12. The lowest BCUT2D eigenvalue weighted by Gasteiger charge is -2.46. The third-order valence-electron chi connectivity index (χ3n) is 8.84. The molecule has 2 amide bonds. The van der Waals surface area contributed by atoms with Gasteiger partial charge in [-0.05, 0) is 66.1 Å². The van der Waals surface area contributed by atoms with Crippen molar-refractivity contribution in [2.24, 2.45) is 0 Å². The first kappa shape index (κ1) is 31.0. The van der Waals surface area contributed by atoms with Gasteiger partial charge in [-0.1, -0.05) is 48.5 Å². The van der Waals surface area contributed by atoms with Crippen LogP contribution in [0.2, 0.25) is 0 Å². The number of rotatable bonds is 8. The van der Waals surface area contributed by atoms with Gasteiger partial charge in [-0.25, -0.2) is 9.59 Å². The number of nitrogens with one attached hydrogen (secondary N) is 1. The Morgan fingerprint density at radius 3 is 2.11 bits per heavy atom. The fourth-order valence-electron chi connectivity index (χ4n) is 6.27. The molecule has 0 unspecified atom stereocenters. The summed E-state index contributed by atoms with van der Waals surface area (Å²) >= 11 is 0. The summed E-state index contributed by atoms with van der Waals surface area (Å²) in [6.45, 7) is 4.21. The first-order chi connectivity index (χ1) is 22.5. The number of methoxy groups -OCH3 is 2. The molecular formula is C37H40N4O5. The molecule has 0 spiro atoms. The summed E-state index contributed by atoms with van der Waals surface area (Å²) in [7, 11) is 3.27. The number of esters is 1. The number of nitrogens with zero attached hydrogens (tertiary/aromatic N) is 3. The number of carbonyl (C=O) groups is 2. The summed E-state index contributed by atoms with van der Waals surface area (Å²) in [6, 6.07) is 32.7. The molecule has 0 radical (unpaired) electrons. The number of carbonyl (C=O) groups excluding carboxylic acids is 2. The Morgan fingerprint density at radius 2 is 1.41 bits per heavy atom. The van der Waals surface area contributed by atoms with Crippen molar-refractivity contribution >= 4 is 23.4 Å². The number of piperazine rings is 1. The molecule has 6 rings (SSSR count). The third kappa shape index (κ3) is 7.26. The average molecular weight is 621 g/mol. The van der Waals surface area contributed by atoms with E-state index in [9.17, 15) is 9.59 Å². The van der Waals surface area contributed by atoms with E-state index in [2.05, 4.69) is 27.2 Å². The molecule has 0 aromatic heterocycles. The van der Waals surface area contributed by atoms with Gasteiger partial charge >= 0.3 is 12.0 Å². The minimum absolute atomic E-state index is 0.00794. The zero-order valence-corrected chi connectivity index (χ0v) is 26.3. The summed E-state index contributed by atoms with van der Waals surface area (Å²) < 4.78 is 16.9. The number of likely N-dealkylation sites (tertiary alicyclic amines) is 1. The maximum atomic E-state index is 13.5. The summed E-state index contributed by atoms with van der Waals surface area (Å²) in [5.74, 6) is 1.11. The molecule has 0 saturated carbocycles. The minimum atomic E-state index is -0.487. The fourth-order valence-corrected chi connectivity index (χ4v) is 6.27. The Hall–Kier alpha value is -5.02. The quantitative estimate of drug-likeness (QED) is 0.241. The first-order valence-corrected chi connectivity index (χ1v) is 15.7. The number of hydrogen-bond acceptors (Lipinski definition) is 7. The highest BCUT2D eigenvalue weighted by Crippen LogP contribution is 2.27. The Balaban J connectivity index is 1.15. The lowest BCUT2D eigenvalue weighted by Crippen LogP contribution is -2.60. The molecule has 9 heteroatoms. The van der Waals surface area contributed by atoms with Crippen molar-refractivity contribution in [3.05, 3.63) is 109 Å². The van der Waals surface area contributed by atoms with Crippen LogP contribution in [0.3, 0.4) is 0 Å². The second-order valence-corrected chi connectivity index (χ2v) is 11.6. The smallest absolute Gasteiger partial charge is 0.338 e. The molecule has 4 aromatic carbocycles. The van der Waals surface area contributed by atoms with E-state index >= 15 is 0 Å². The second kappa shape index (κ2) is 14.4. The number of anilines is 2. The van der Waals surface area contributed by atoms with E-state index in [-0.39, 0.29) is 18.0 Å². The van der Waals surface area contributed by atoms with Crippen LogP contribution >= 0.6 is 0 Å². The van der Waals surface area contributed by atoms with Crippen LogP contribution in [-0.4, -0.2) is 87.4 Å². The summed E-state index contributed by atoms with van der Waals surface area (Å²) in [4.78, 5) is 33.4. The number of urea groups is 1. The Kier molecular flexibility index (Phi) is 9.69. The molecule has 9 nitrogen and oxygen atoms in total. The molecule has 2 saturated heterocycles. The van der Waals surface area contributed by atoms with E-state index in [0.717, 1.165) is 48.7 Å². The summed E-state index contributed by atoms with van der Waals surface area (Å²) in [5.41, 5.74) is 4.41. The van der Waals surface area contributed by atoms with Crippen molar-refractivity contribution in [2.75, 3.05) is 63.7 Å². The predicted octanol–water partition coefficient (Wildman–Crippen LogP) is 6.02. The highest BCUT2D eigenvalue weighted by molar-refractivity contribution is 5.91. The van der Waals surface area contributed by atoms with Crippen LogP contribution in [0.15, 0.2) is 103 Å². The Morgan fingerprint density at radius 1 is 0.717 bits per heavy atom. The van der Waals surface area contributed by atoms with E-state index < -0.39 is 6.10 Å². The molecular weight excluding hydrogens is 580 g/mol. The van der Waals surface area contributed by atoms with Gasteiger partial charge in [0.1, 0.15) is 17.6 Å². The highest BCUT2D eigenvalue weighted by atomic mass is 16.5. The fraction of sp³-hybridized carbons (Fsp3) is 0.297. The number of benzene rings is 4. The number of hydrogen-bond donors (Lipinski definition) is 1. The molecule has 238 valence electrons. The predicted molar refractivity (Wildman–Crippen MR) is 180 cm³/mol. The van der Waals surface area contributed by atoms with Crippen molar-refractivity contribution in [2.45, 2.75) is 18.6 Å². The van der Waals surface area contributed by atoms with Crippen molar-refractivity contribution in [3.8, 4) is 22.6 Å². The van der Waals surface area contributed by atoms with Crippen LogP contribution in [0.5, 0.6) is 11.5 Å². The van der Waals surface area contributed by atoms with Gasteiger partial charge in [0.2, 0.25) is 0 Å². The molecule has 4 aromatic rings. The summed E-state index contributed by atoms with van der Waals surface area (Å²) in [6.07, 6.45) is 0.206. The topological polar surface area (TPSA) is 83.6 Å². The van der Waals surface area contributed by atoms with Crippen molar-refractivity contribution in [3.63, 3.8) is 0 Å². The molecule has 1 N–H and O–H groups in total. The third-order valence-corrected chi connectivity index (χ3v) is 8.84. The lowest BCUT2D eigenvalue weighted by atomic mass is 9.98. The molecule has 0 bridgehead atoms. The van der Waals surface area contributed by atoms with E-state index in [1.54, 1.807) is 25.2 Å². The van der Waals surface area contributed by atoms with Gasteiger partial charge in [0.15, 0.2) is 0 Å².